The second-order valence-electron chi connectivity index (χ2n) is 3.71. The molecule has 0 saturated heterocycles. The van der Waals surface area contributed by atoms with Gasteiger partial charge in [-0.15, -0.1) is 0 Å². The molecule has 2 rings (SSSR count). The lowest BCUT2D eigenvalue weighted by Crippen LogP contribution is -2.18. The summed E-state index contributed by atoms with van der Waals surface area (Å²) in [5, 5.41) is 27.8. The summed E-state index contributed by atoms with van der Waals surface area (Å²) in [6.45, 7) is 0. The minimum Gasteiger partial charge on any atom is -0.258 e. The first-order valence-corrected chi connectivity index (χ1v) is 6.65. The third kappa shape index (κ3) is 2.35. The van der Waals surface area contributed by atoms with Gasteiger partial charge < -0.3 is 0 Å². The number of hydrogen-bond acceptors (Lipinski definition) is 6. The van der Waals surface area contributed by atoms with Crippen LogP contribution in [-0.2, 0) is 10.0 Å². The Kier molecular flexibility index (Phi) is 3.23. The van der Waals surface area contributed by atoms with Gasteiger partial charge in [-0.25, -0.2) is 18.2 Å². The molecule has 0 atom stereocenters. The van der Waals surface area contributed by atoms with Crippen molar-refractivity contribution >= 4 is 15.7 Å². The second kappa shape index (κ2) is 4.72. The summed E-state index contributed by atoms with van der Waals surface area (Å²) in [5.74, 6) is 0. The number of nitriles is 1. The van der Waals surface area contributed by atoms with Gasteiger partial charge in [-0.3, -0.25) is 10.1 Å². The predicted molar refractivity (Wildman–Crippen MR) is 66.3 cm³/mol. The molecule has 2 N–H and O–H groups in total. The van der Waals surface area contributed by atoms with Gasteiger partial charge in [-0.2, -0.15) is 10.4 Å². The van der Waals surface area contributed by atoms with E-state index in [-0.39, 0.29) is 16.9 Å². The molecule has 0 unspecified atom stereocenters. The monoisotopic (exact) mass is 293 g/mol. The van der Waals surface area contributed by atoms with Crippen LogP contribution in [0, 0.1) is 21.4 Å². The minimum absolute atomic E-state index is 0.115. The number of benzene rings is 1. The molecule has 20 heavy (non-hydrogen) atoms. The van der Waals surface area contributed by atoms with E-state index in [0.29, 0.717) is 0 Å². The van der Waals surface area contributed by atoms with E-state index in [1.807, 2.05) is 0 Å². The number of rotatable bonds is 3. The van der Waals surface area contributed by atoms with E-state index < -0.39 is 20.0 Å². The van der Waals surface area contributed by atoms with Gasteiger partial charge in [-0.1, -0.05) is 6.07 Å². The van der Waals surface area contributed by atoms with Crippen LogP contribution in [0.4, 0.5) is 5.69 Å². The molecule has 0 spiro atoms. The molecule has 0 bridgehead atoms. The number of sulfonamides is 1. The maximum atomic E-state index is 11.5. The number of nitrogens with zero attached hydrogens (tertiary/aromatic N) is 4. The Morgan fingerprint density at radius 1 is 1.45 bits per heavy atom. The first kappa shape index (κ1) is 13.7. The minimum atomic E-state index is -4.21. The zero-order chi connectivity index (χ0) is 14.9. The Morgan fingerprint density at radius 2 is 2.15 bits per heavy atom. The van der Waals surface area contributed by atoms with Gasteiger partial charge in [0.15, 0.2) is 5.03 Å². The number of primary sulfonamides is 1. The molecule has 2 aromatic rings. The van der Waals surface area contributed by atoms with Gasteiger partial charge in [0.25, 0.3) is 15.7 Å². The van der Waals surface area contributed by atoms with Crippen molar-refractivity contribution < 1.29 is 13.3 Å². The topological polar surface area (TPSA) is 145 Å². The van der Waals surface area contributed by atoms with E-state index in [4.69, 9.17) is 10.4 Å². The summed E-state index contributed by atoms with van der Waals surface area (Å²) >= 11 is 0. The highest BCUT2D eigenvalue weighted by atomic mass is 32.2. The van der Waals surface area contributed by atoms with Crippen LogP contribution in [0.15, 0.2) is 35.5 Å². The molecule has 0 amide bonds. The number of nitrogens with two attached hydrogens (primary N) is 1. The van der Waals surface area contributed by atoms with E-state index in [9.17, 15) is 18.5 Å². The van der Waals surface area contributed by atoms with Crippen molar-refractivity contribution in [2.45, 2.75) is 5.03 Å². The number of non-ortho nitro benzene ring substituents is 1. The molecule has 10 heteroatoms. The number of nitro groups is 1. The van der Waals surface area contributed by atoms with E-state index in [2.05, 4.69) is 5.10 Å². The van der Waals surface area contributed by atoms with Gasteiger partial charge >= 0.3 is 0 Å². The van der Waals surface area contributed by atoms with E-state index in [0.717, 1.165) is 16.9 Å². The largest absolute Gasteiger partial charge is 0.271 e. The van der Waals surface area contributed by atoms with Gasteiger partial charge in [0.05, 0.1) is 16.8 Å². The lowest BCUT2D eigenvalue weighted by atomic mass is 10.3. The number of nitro benzene ring substituents is 1. The van der Waals surface area contributed by atoms with Gasteiger partial charge in [0.2, 0.25) is 0 Å². The van der Waals surface area contributed by atoms with Crippen LogP contribution in [-0.4, -0.2) is 23.1 Å². The first-order valence-electron chi connectivity index (χ1n) is 5.10. The summed E-state index contributed by atoms with van der Waals surface area (Å²) in [5.41, 5.74) is -0.361. The van der Waals surface area contributed by atoms with Gasteiger partial charge in [0.1, 0.15) is 11.6 Å². The summed E-state index contributed by atoms with van der Waals surface area (Å²) in [6.07, 6.45) is 1.03. The average molecular weight is 293 g/mol. The Hall–Kier alpha value is -2.77. The first-order chi connectivity index (χ1) is 9.34. The zero-order valence-electron chi connectivity index (χ0n) is 9.79. The molecule has 0 aliphatic rings. The fourth-order valence-corrected chi connectivity index (χ4v) is 2.41. The summed E-state index contributed by atoms with van der Waals surface area (Å²) in [4.78, 5) is 10.1. The summed E-state index contributed by atoms with van der Waals surface area (Å²) < 4.78 is 23.9. The average Bonchev–Trinajstić information content (AvgIpc) is 2.82. The molecule has 1 aromatic carbocycles. The standard InChI is InChI=1S/C10H7N5O4S/c11-5-7-6-13-14(10(7)20(12,18)19)8-2-1-3-9(4-8)15(16)17/h1-4,6H,(H2,12,18,19). The lowest BCUT2D eigenvalue weighted by Gasteiger charge is -2.05. The molecular weight excluding hydrogens is 286 g/mol. The smallest absolute Gasteiger partial charge is 0.258 e. The van der Waals surface area contributed by atoms with Crippen molar-refractivity contribution in [3.05, 3.63) is 46.1 Å². The fraction of sp³-hybridized carbons (Fsp3) is 0. The van der Waals surface area contributed by atoms with Crippen molar-refractivity contribution in [1.82, 2.24) is 9.78 Å². The quantitative estimate of drug-likeness (QED) is 0.636. The Labute approximate surface area is 113 Å². The van der Waals surface area contributed by atoms with Crippen LogP contribution >= 0.6 is 0 Å². The van der Waals surface area contributed by atoms with Crippen molar-refractivity contribution in [3.8, 4) is 11.8 Å². The van der Waals surface area contributed by atoms with Crippen LogP contribution in [0.3, 0.4) is 0 Å². The molecule has 1 aromatic heterocycles. The molecule has 0 aliphatic carbocycles. The van der Waals surface area contributed by atoms with Crippen LogP contribution in [0.2, 0.25) is 0 Å². The van der Waals surface area contributed by atoms with Gasteiger partial charge in [0, 0.05) is 12.1 Å². The maximum Gasteiger partial charge on any atom is 0.271 e. The van der Waals surface area contributed by atoms with Crippen molar-refractivity contribution in [1.29, 1.82) is 5.26 Å². The van der Waals surface area contributed by atoms with Crippen molar-refractivity contribution in [2.24, 2.45) is 5.14 Å². The molecule has 102 valence electrons. The molecule has 0 fully saturated rings. The lowest BCUT2D eigenvalue weighted by molar-refractivity contribution is -0.384. The summed E-state index contributed by atoms with van der Waals surface area (Å²) in [6, 6.07) is 6.81. The third-order valence-electron chi connectivity index (χ3n) is 2.40. The molecule has 0 aliphatic heterocycles. The van der Waals surface area contributed by atoms with Crippen molar-refractivity contribution in [3.63, 3.8) is 0 Å². The Balaban J connectivity index is 2.72. The van der Waals surface area contributed by atoms with E-state index >= 15 is 0 Å². The highest BCUT2D eigenvalue weighted by molar-refractivity contribution is 7.89. The third-order valence-corrected chi connectivity index (χ3v) is 3.33. The van der Waals surface area contributed by atoms with E-state index in [1.54, 1.807) is 6.07 Å². The SMILES string of the molecule is N#Cc1cnn(-c2cccc([N+](=O)[O-])c2)c1S(N)(=O)=O. The Morgan fingerprint density at radius 3 is 2.70 bits per heavy atom. The van der Waals surface area contributed by atoms with Gasteiger partial charge in [-0.05, 0) is 6.07 Å². The molecule has 1 heterocycles. The van der Waals surface area contributed by atoms with E-state index in [1.165, 1.54) is 18.2 Å². The second-order valence-corrected chi connectivity index (χ2v) is 5.19. The van der Waals surface area contributed by atoms with Crippen LogP contribution in [0.25, 0.3) is 5.69 Å². The van der Waals surface area contributed by atoms with Crippen molar-refractivity contribution in [2.75, 3.05) is 0 Å². The van der Waals surface area contributed by atoms with Crippen LogP contribution in [0.1, 0.15) is 5.56 Å². The fourth-order valence-electron chi connectivity index (χ4n) is 1.61. The number of aromatic nitrogens is 2. The molecule has 9 nitrogen and oxygen atoms in total. The molecule has 0 radical (unpaired) electrons. The molecule has 0 saturated carbocycles. The van der Waals surface area contributed by atoms with Crippen LogP contribution in [0.5, 0.6) is 0 Å². The maximum absolute atomic E-state index is 11.5. The summed E-state index contributed by atoms with van der Waals surface area (Å²) in [7, 11) is -4.21. The normalized spacial score (nSPS) is 11.0. The molecular formula is C10H7N5O4S. The number of hydrogen-bond donors (Lipinski definition) is 1. The highest BCUT2D eigenvalue weighted by Gasteiger charge is 2.23. The highest BCUT2D eigenvalue weighted by Crippen LogP contribution is 2.21. The predicted octanol–water partition coefficient (Wildman–Crippen LogP) is 0.300. The van der Waals surface area contributed by atoms with Crippen LogP contribution < -0.4 is 5.14 Å². The zero-order valence-corrected chi connectivity index (χ0v) is 10.6. The Bertz CT molecular complexity index is 834.